The van der Waals surface area contributed by atoms with E-state index in [-0.39, 0.29) is 19.1 Å². The van der Waals surface area contributed by atoms with Crippen molar-refractivity contribution >= 4 is 17.8 Å². The number of ether oxygens (including phenoxy) is 1. The second-order valence-corrected chi connectivity index (χ2v) is 4.75. The number of carbonyl (C=O) groups is 3. The van der Waals surface area contributed by atoms with Gasteiger partial charge in [-0.05, 0) is 19.8 Å². The molecule has 0 spiro atoms. The van der Waals surface area contributed by atoms with Gasteiger partial charge in [0.25, 0.3) is 0 Å². The Hall–Kier alpha value is -2.11. The third-order valence-electron chi connectivity index (χ3n) is 3.07. The fourth-order valence-corrected chi connectivity index (χ4v) is 1.98. The number of hydrogen-bond donors (Lipinski definition) is 2. The number of primary amides is 1. The first-order valence-electron chi connectivity index (χ1n) is 6.49. The Morgan fingerprint density at radius 1 is 1.45 bits per heavy atom. The molecule has 3 N–H and O–H groups in total. The summed E-state index contributed by atoms with van der Waals surface area (Å²) >= 11 is 0. The Bertz CT molecular complexity index is 442. The zero-order valence-electron chi connectivity index (χ0n) is 11.6. The van der Waals surface area contributed by atoms with E-state index >= 15 is 0 Å². The Labute approximate surface area is 118 Å². The quantitative estimate of drug-likeness (QED) is 0.316. The topological polar surface area (TPSA) is 98.5 Å². The molecular weight excluding hydrogens is 260 g/mol. The third kappa shape index (κ3) is 4.53. The maximum absolute atomic E-state index is 12.0. The van der Waals surface area contributed by atoms with Crippen LogP contribution >= 0.6 is 0 Å². The highest BCUT2D eigenvalue weighted by Crippen LogP contribution is 2.24. The van der Waals surface area contributed by atoms with Crippen molar-refractivity contribution in [1.29, 1.82) is 0 Å². The molecule has 110 valence electrons. The lowest BCUT2D eigenvalue weighted by Gasteiger charge is -2.24. The molecule has 1 aliphatic carbocycles. The Kier molecular flexibility index (Phi) is 5.96. The molecule has 1 rings (SSSR count). The van der Waals surface area contributed by atoms with Gasteiger partial charge in [-0.2, -0.15) is 0 Å². The summed E-state index contributed by atoms with van der Waals surface area (Å²) in [6.07, 6.45) is 4.89. The highest BCUT2D eigenvalue weighted by Gasteiger charge is 2.31. The van der Waals surface area contributed by atoms with Crippen LogP contribution in [-0.2, 0) is 19.1 Å². The predicted molar refractivity (Wildman–Crippen MR) is 73.3 cm³/mol. The van der Waals surface area contributed by atoms with Crippen LogP contribution < -0.4 is 11.1 Å². The fraction of sp³-hybridized carbons (Fsp3) is 0.500. The number of allylic oxidation sites excluding steroid dienone is 1. The zero-order valence-corrected chi connectivity index (χ0v) is 11.6. The molecule has 0 aromatic heterocycles. The van der Waals surface area contributed by atoms with Crippen molar-refractivity contribution in [3.63, 3.8) is 0 Å². The number of carbonyl (C=O) groups excluding carboxylic acids is 3. The van der Waals surface area contributed by atoms with E-state index in [2.05, 4.69) is 11.9 Å². The van der Waals surface area contributed by atoms with Gasteiger partial charge in [-0.1, -0.05) is 18.7 Å². The van der Waals surface area contributed by atoms with Gasteiger partial charge in [0.2, 0.25) is 11.8 Å². The van der Waals surface area contributed by atoms with Crippen molar-refractivity contribution in [2.75, 3.05) is 13.2 Å². The van der Waals surface area contributed by atoms with Crippen LogP contribution in [0.15, 0.2) is 24.3 Å². The van der Waals surface area contributed by atoms with Crippen molar-refractivity contribution in [1.82, 2.24) is 5.32 Å². The maximum Gasteiger partial charge on any atom is 0.333 e. The average Bonchev–Trinajstić information content (AvgIpc) is 2.42. The number of nitrogens with one attached hydrogen (secondary N) is 1. The number of esters is 1. The molecule has 2 unspecified atom stereocenters. The van der Waals surface area contributed by atoms with Gasteiger partial charge >= 0.3 is 5.97 Å². The second-order valence-electron chi connectivity index (χ2n) is 4.75. The fourth-order valence-electron chi connectivity index (χ4n) is 1.98. The monoisotopic (exact) mass is 280 g/mol. The molecule has 0 aliphatic heterocycles. The molecule has 0 fully saturated rings. The summed E-state index contributed by atoms with van der Waals surface area (Å²) in [6.45, 7) is 5.25. The Morgan fingerprint density at radius 2 is 2.15 bits per heavy atom. The summed E-state index contributed by atoms with van der Waals surface area (Å²) < 4.78 is 4.85. The van der Waals surface area contributed by atoms with E-state index in [1.807, 2.05) is 6.08 Å². The lowest BCUT2D eigenvalue weighted by molar-refractivity contribution is -0.139. The van der Waals surface area contributed by atoms with Crippen LogP contribution in [0.5, 0.6) is 0 Å². The van der Waals surface area contributed by atoms with Crippen LogP contribution in [0.2, 0.25) is 0 Å². The Balaban J connectivity index is 2.40. The minimum atomic E-state index is -0.543. The minimum absolute atomic E-state index is 0.0646. The summed E-state index contributed by atoms with van der Waals surface area (Å²) in [5, 5.41) is 2.63. The van der Waals surface area contributed by atoms with E-state index in [0.29, 0.717) is 12.0 Å². The first kappa shape index (κ1) is 15.9. The van der Waals surface area contributed by atoms with E-state index in [1.54, 1.807) is 13.0 Å². The van der Waals surface area contributed by atoms with Crippen LogP contribution in [0.3, 0.4) is 0 Å². The van der Waals surface area contributed by atoms with Gasteiger partial charge in [-0.3, -0.25) is 9.59 Å². The molecule has 0 aromatic rings. The molecule has 20 heavy (non-hydrogen) atoms. The highest BCUT2D eigenvalue weighted by atomic mass is 16.5. The van der Waals surface area contributed by atoms with Gasteiger partial charge in [0.05, 0.1) is 18.4 Å². The summed E-state index contributed by atoms with van der Waals surface area (Å²) in [6, 6.07) is 0. The van der Waals surface area contributed by atoms with Crippen LogP contribution in [0.4, 0.5) is 0 Å². The molecule has 0 saturated carbocycles. The summed E-state index contributed by atoms with van der Waals surface area (Å²) in [5.74, 6) is -2.26. The van der Waals surface area contributed by atoms with Crippen LogP contribution in [0, 0.1) is 11.8 Å². The average molecular weight is 280 g/mol. The van der Waals surface area contributed by atoms with Crippen molar-refractivity contribution < 1.29 is 19.1 Å². The first-order valence-corrected chi connectivity index (χ1v) is 6.49. The van der Waals surface area contributed by atoms with Crippen LogP contribution in [0.25, 0.3) is 0 Å². The molecule has 2 atom stereocenters. The van der Waals surface area contributed by atoms with Crippen molar-refractivity contribution in [3.8, 4) is 0 Å². The largest absolute Gasteiger partial charge is 0.460 e. The van der Waals surface area contributed by atoms with E-state index < -0.39 is 23.7 Å². The summed E-state index contributed by atoms with van der Waals surface area (Å²) in [7, 11) is 0. The molecule has 0 radical (unpaired) electrons. The molecule has 0 aromatic carbocycles. The van der Waals surface area contributed by atoms with E-state index in [4.69, 9.17) is 10.5 Å². The lowest BCUT2D eigenvalue weighted by Crippen LogP contribution is -2.41. The lowest BCUT2D eigenvalue weighted by atomic mass is 9.83. The SMILES string of the molecule is C=C(C)C(=O)OCCNC(=O)C1C=CCCC1C(N)=O. The van der Waals surface area contributed by atoms with E-state index in [1.165, 1.54) is 0 Å². The van der Waals surface area contributed by atoms with Gasteiger partial charge < -0.3 is 15.8 Å². The molecule has 0 bridgehead atoms. The van der Waals surface area contributed by atoms with Crippen LogP contribution in [0.1, 0.15) is 19.8 Å². The molecule has 6 nitrogen and oxygen atoms in total. The third-order valence-corrected chi connectivity index (χ3v) is 3.07. The first-order chi connectivity index (χ1) is 9.43. The maximum atomic E-state index is 12.0. The predicted octanol–water partition coefficient (Wildman–Crippen LogP) is 0.290. The van der Waals surface area contributed by atoms with Gasteiger partial charge in [0.15, 0.2) is 0 Å². The van der Waals surface area contributed by atoms with Crippen molar-refractivity contribution in [3.05, 3.63) is 24.3 Å². The number of rotatable bonds is 6. The molecule has 2 amide bonds. The number of hydrogen-bond acceptors (Lipinski definition) is 4. The number of nitrogens with two attached hydrogens (primary N) is 1. The smallest absolute Gasteiger partial charge is 0.333 e. The van der Waals surface area contributed by atoms with Crippen LogP contribution in [-0.4, -0.2) is 30.9 Å². The zero-order chi connectivity index (χ0) is 15.1. The van der Waals surface area contributed by atoms with Crippen molar-refractivity contribution in [2.45, 2.75) is 19.8 Å². The van der Waals surface area contributed by atoms with Gasteiger partial charge in [0, 0.05) is 5.57 Å². The van der Waals surface area contributed by atoms with Gasteiger partial charge in [-0.15, -0.1) is 0 Å². The minimum Gasteiger partial charge on any atom is -0.460 e. The second kappa shape index (κ2) is 7.47. The van der Waals surface area contributed by atoms with Crippen molar-refractivity contribution in [2.24, 2.45) is 17.6 Å². The molecular formula is C14H20N2O4. The standard InChI is InChI=1S/C14H20N2O4/c1-9(2)14(19)20-8-7-16-13(18)11-6-4-3-5-10(11)12(15)17/h4,6,10-11H,1,3,5,7-8H2,2H3,(H2,15,17)(H,16,18). The Morgan fingerprint density at radius 3 is 2.75 bits per heavy atom. The van der Waals surface area contributed by atoms with E-state index in [0.717, 1.165) is 6.42 Å². The highest BCUT2D eigenvalue weighted by molar-refractivity contribution is 5.88. The molecule has 1 aliphatic rings. The number of amides is 2. The van der Waals surface area contributed by atoms with Gasteiger partial charge in [0.1, 0.15) is 6.61 Å². The normalized spacial score (nSPS) is 21.1. The summed E-state index contributed by atoms with van der Waals surface area (Å²) in [5.41, 5.74) is 5.60. The molecule has 0 saturated heterocycles. The molecule has 6 heteroatoms. The van der Waals surface area contributed by atoms with E-state index in [9.17, 15) is 14.4 Å². The van der Waals surface area contributed by atoms with Gasteiger partial charge in [-0.25, -0.2) is 4.79 Å². The summed E-state index contributed by atoms with van der Waals surface area (Å²) in [4.78, 5) is 34.4. The molecule has 0 heterocycles.